The van der Waals surface area contributed by atoms with Crippen molar-refractivity contribution in [2.75, 3.05) is 7.05 Å². The van der Waals surface area contributed by atoms with Crippen LogP contribution in [0.2, 0.25) is 0 Å². The summed E-state index contributed by atoms with van der Waals surface area (Å²) in [4.78, 5) is 4.35. The molecule has 1 N–H and O–H groups in total. The monoisotopic (exact) mass is 256 g/mol. The van der Waals surface area contributed by atoms with Gasteiger partial charge in [-0.2, -0.15) is 0 Å². The molecule has 1 aromatic heterocycles. The van der Waals surface area contributed by atoms with Crippen molar-refractivity contribution in [1.82, 2.24) is 10.3 Å². The summed E-state index contributed by atoms with van der Waals surface area (Å²) in [5, 5.41) is 3.07. The van der Waals surface area contributed by atoms with Gasteiger partial charge >= 0.3 is 0 Å². The van der Waals surface area contributed by atoms with Gasteiger partial charge in [-0.3, -0.25) is 4.98 Å². The summed E-state index contributed by atoms with van der Waals surface area (Å²) in [5.74, 6) is 1.66. The van der Waals surface area contributed by atoms with Crippen LogP contribution in [0.15, 0.2) is 30.5 Å². The molecule has 19 heavy (non-hydrogen) atoms. The second kappa shape index (κ2) is 5.85. The molecule has 2 aromatic rings. The second-order valence-corrected chi connectivity index (χ2v) is 4.82. The Hall–Kier alpha value is -1.87. The molecule has 0 bridgehead atoms. The second-order valence-electron chi connectivity index (χ2n) is 4.82. The third-order valence-corrected chi connectivity index (χ3v) is 3.17. The normalized spacial score (nSPS) is 10.5. The Morgan fingerprint density at radius 2 is 1.79 bits per heavy atom. The predicted octanol–water partition coefficient (Wildman–Crippen LogP) is 3.52. The number of benzene rings is 1. The fourth-order valence-electron chi connectivity index (χ4n) is 1.93. The molecule has 0 saturated heterocycles. The molecule has 0 saturated carbocycles. The number of nitrogens with one attached hydrogen (secondary N) is 1. The number of hydrogen-bond acceptors (Lipinski definition) is 3. The molecule has 3 nitrogen and oxygen atoms in total. The van der Waals surface area contributed by atoms with E-state index in [9.17, 15) is 0 Å². The zero-order valence-electron chi connectivity index (χ0n) is 11.9. The molecule has 0 fully saturated rings. The van der Waals surface area contributed by atoms with Crippen LogP contribution in [0, 0.1) is 20.8 Å². The number of aromatic nitrogens is 1. The number of nitrogens with zero attached hydrogens (tertiary/aromatic N) is 1. The van der Waals surface area contributed by atoms with Crippen molar-refractivity contribution in [2.45, 2.75) is 27.3 Å². The molecule has 0 radical (unpaired) electrons. The lowest BCUT2D eigenvalue weighted by atomic mass is 10.1. The molecular weight excluding hydrogens is 236 g/mol. The van der Waals surface area contributed by atoms with E-state index >= 15 is 0 Å². The number of pyridine rings is 1. The maximum atomic E-state index is 5.90. The Morgan fingerprint density at radius 1 is 1.05 bits per heavy atom. The van der Waals surface area contributed by atoms with Gasteiger partial charge in [0.25, 0.3) is 0 Å². The number of aryl methyl sites for hydroxylation is 3. The van der Waals surface area contributed by atoms with Gasteiger partial charge in [-0.05, 0) is 62.7 Å². The lowest BCUT2D eigenvalue weighted by Crippen LogP contribution is -2.06. The SMILES string of the molecule is CNCc1ccc(Oc2cc(C)c(C)cc2C)cn1. The summed E-state index contributed by atoms with van der Waals surface area (Å²) >= 11 is 0. The summed E-state index contributed by atoms with van der Waals surface area (Å²) in [7, 11) is 1.91. The van der Waals surface area contributed by atoms with Gasteiger partial charge in [0, 0.05) is 6.54 Å². The van der Waals surface area contributed by atoms with Crippen LogP contribution in [0.25, 0.3) is 0 Å². The fraction of sp³-hybridized carbons (Fsp3) is 0.312. The molecular formula is C16H20N2O. The summed E-state index contributed by atoms with van der Waals surface area (Å²) < 4.78 is 5.90. The van der Waals surface area contributed by atoms with Gasteiger partial charge in [0.05, 0.1) is 11.9 Å². The van der Waals surface area contributed by atoms with Gasteiger partial charge in [0.2, 0.25) is 0 Å². The van der Waals surface area contributed by atoms with E-state index in [1.807, 2.05) is 19.2 Å². The molecule has 0 aliphatic carbocycles. The molecule has 0 unspecified atom stereocenters. The Kier molecular flexibility index (Phi) is 4.17. The molecule has 3 heteroatoms. The molecule has 0 amide bonds. The van der Waals surface area contributed by atoms with Gasteiger partial charge in [-0.25, -0.2) is 0 Å². The zero-order chi connectivity index (χ0) is 13.8. The Balaban J connectivity index is 2.19. The standard InChI is InChI=1S/C16H20N2O/c1-11-7-13(3)16(8-12(11)2)19-15-6-5-14(9-17-4)18-10-15/h5-8,10,17H,9H2,1-4H3. The van der Waals surface area contributed by atoms with Crippen molar-refractivity contribution < 1.29 is 4.74 Å². The van der Waals surface area contributed by atoms with Crippen molar-refractivity contribution in [3.05, 3.63) is 52.8 Å². The van der Waals surface area contributed by atoms with Crippen molar-refractivity contribution in [2.24, 2.45) is 0 Å². The van der Waals surface area contributed by atoms with E-state index in [0.29, 0.717) is 0 Å². The molecule has 1 heterocycles. The van der Waals surface area contributed by atoms with E-state index in [4.69, 9.17) is 4.74 Å². The van der Waals surface area contributed by atoms with Crippen molar-refractivity contribution in [3.63, 3.8) is 0 Å². The first kappa shape index (κ1) is 13.6. The van der Waals surface area contributed by atoms with Gasteiger partial charge in [0.1, 0.15) is 11.5 Å². The highest BCUT2D eigenvalue weighted by Crippen LogP contribution is 2.27. The van der Waals surface area contributed by atoms with Crippen molar-refractivity contribution in [3.8, 4) is 11.5 Å². The van der Waals surface area contributed by atoms with E-state index in [1.54, 1.807) is 6.20 Å². The van der Waals surface area contributed by atoms with Crippen molar-refractivity contribution >= 4 is 0 Å². The summed E-state index contributed by atoms with van der Waals surface area (Å²) in [5.41, 5.74) is 4.67. The van der Waals surface area contributed by atoms with Gasteiger partial charge in [0.15, 0.2) is 0 Å². The van der Waals surface area contributed by atoms with E-state index in [1.165, 1.54) is 11.1 Å². The predicted molar refractivity (Wildman–Crippen MR) is 77.7 cm³/mol. The van der Waals surface area contributed by atoms with Gasteiger partial charge < -0.3 is 10.1 Å². The average molecular weight is 256 g/mol. The molecule has 0 aliphatic heterocycles. The Morgan fingerprint density at radius 3 is 2.42 bits per heavy atom. The van der Waals surface area contributed by atoms with E-state index in [2.05, 4.69) is 43.2 Å². The van der Waals surface area contributed by atoms with Crippen LogP contribution in [0.3, 0.4) is 0 Å². The molecule has 100 valence electrons. The summed E-state index contributed by atoms with van der Waals surface area (Å²) in [6, 6.07) is 8.15. The number of rotatable bonds is 4. The maximum Gasteiger partial charge on any atom is 0.145 e. The first-order valence-electron chi connectivity index (χ1n) is 6.45. The van der Waals surface area contributed by atoms with Crippen LogP contribution in [0.1, 0.15) is 22.4 Å². The van der Waals surface area contributed by atoms with Crippen LogP contribution < -0.4 is 10.1 Å². The minimum atomic E-state index is 0.767. The number of hydrogen-bond donors (Lipinski definition) is 1. The largest absolute Gasteiger partial charge is 0.455 e. The zero-order valence-corrected chi connectivity index (χ0v) is 11.9. The van der Waals surface area contributed by atoms with Crippen LogP contribution in [0.5, 0.6) is 11.5 Å². The van der Waals surface area contributed by atoms with E-state index < -0.39 is 0 Å². The summed E-state index contributed by atoms with van der Waals surface area (Å²) in [6.07, 6.45) is 1.77. The Bertz CT molecular complexity index is 562. The highest BCUT2D eigenvalue weighted by Gasteiger charge is 2.05. The first-order valence-corrected chi connectivity index (χ1v) is 6.45. The maximum absolute atomic E-state index is 5.90. The first-order chi connectivity index (χ1) is 9.10. The topological polar surface area (TPSA) is 34.1 Å². The third kappa shape index (κ3) is 3.32. The lowest BCUT2D eigenvalue weighted by Gasteiger charge is -2.11. The fourth-order valence-corrected chi connectivity index (χ4v) is 1.93. The quantitative estimate of drug-likeness (QED) is 0.908. The molecule has 2 rings (SSSR count). The van der Waals surface area contributed by atoms with Crippen molar-refractivity contribution in [1.29, 1.82) is 0 Å². The Labute approximate surface area is 114 Å². The van der Waals surface area contributed by atoms with E-state index in [-0.39, 0.29) is 0 Å². The average Bonchev–Trinajstić information content (AvgIpc) is 2.38. The van der Waals surface area contributed by atoms with E-state index in [0.717, 1.165) is 29.3 Å². The van der Waals surface area contributed by atoms with Crippen LogP contribution in [0.4, 0.5) is 0 Å². The highest BCUT2D eigenvalue weighted by atomic mass is 16.5. The lowest BCUT2D eigenvalue weighted by molar-refractivity contribution is 0.475. The van der Waals surface area contributed by atoms with Crippen LogP contribution in [-0.4, -0.2) is 12.0 Å². The van der Waals surface area contributed by atoms with Crippen LogP contribution in [-0.2, 0) is 6.54 Å². The van der Waals surface area contributed by atoms with Crippen LogP contribution >= 0.6 is 0 Å². The molecule has 0 atom stereocenters. The smallest absolute Gasteiger partial charge is 0.145 e. The molecule has 0 spiro atoms. The molecule has 1 aromatic carbocycles. The molecule has 0 aliphatic rings. The summed E-state index contributed by atoms with van der Waals surface area (Å²) in [6.45, 7) is 7.03. The minimum Gasteiger partial charge on any atom is -0.455 e. The van der Waals surface area contributed by atoms with Gasteiger partial charge in [-0.1, -0.05) is 6.07 Å². The van der Waals surface area contributed by atoms with Gasteiger partial charge in [-0.15, -0.1) is 0 Å². The minimum absolute atomic E-state index is 0.767. The third-order valence-electron chi connectivity index (χ3n) is 3.17. The number of ether oxygens (including phenoxy) is 1. The highest BCUT2D eigenvalue weighted by molar-refractivity contribution is 5.43.